The van der Waals surface area contributed by atoms with Crippen LogP contribution in [0.15, 0.2) is 85.1 Å². The molecule has 0 saturated carbocycles. The second-order valence-electron chi connectivity index (χ2n) is 6.35. The van der Waals surface area contributed by atoms with Crippen LogP contribution in [-0.2, 0) is 15.9 Å². The minimum absolute atomic E-state index is 0.0730. The molecule has 1 aliphatic heterocycles. The van der Waals surface area contributed by atoms with E-state index < -0.39 is 0 Å². The Labute approximate surface area is 157 Å². The van der Waals surface area contributed by atoms with Gasteiger partial charge in [0.1, 0.15) is 12.0 Å². The molecule has 0 aliphatic carbocycles. The molecule has 0 spiro atoms. The quantitative estimate of drug-likeness (QED) is 0.685. The third-order valence-electron chi connectivity index (χ3n) is 4.38. The first-order valence-corrected chi connectivity index (χ1v) is 8.77. The molecule has 1 aliphatic rings. The monoisotopic (exact) mass is 360 g/mol. The van der Waals surface area contributed by atoms with Gasteiger partial charge in [-0.2, -0.15) is 0 Å². The second-order valence-corrected chi connectivity index (χ2v) is 6.35. The van der Waals surface area contributed by atoms with Gasteiger partial charge in [-0.1, -0.05) is 42.5 Å². The van der Waals surface area contributed by atoms with Crippen molar-refractivity contribution in [1.82, 2.24) is 4.98 Å². The standard InChI is InChI=1S/C22H20N2O3/c25-20-8-4-7-17(11-20)18-10-19(13-23-12-18)24-21(22-14-26-15-27-22)9-16-5-2-1-3-6-16/h1-8,10-14,21,24-25H,9,15H2. The van der Waals surface area contributed by atoms with Crippen LogP contribution >= 0.6 is 0 Å². The minimum atomic E-state index is -0.0730. The van der Waals surface area contributed by atoms with Gasteiger partial charge in [0.2, 0.25) is 6.79 Å². The molecule has 0 radical (unpaired) electrons. The van der Waals surface area contributed by atoms with Crippen molar-refractivity contribution >= 4 is 5.69 Å². The van der Waals surface area contributed by atoms with Gasteiger partial charge >= 0.3 is 0 Å². The lowest BCUT2D eigenvalue weighted by Gasteiger charge is -2.20. The molecule has 27 heavy (non-hydrogen) atoms. The van der Waals surface area contributed by atoms with Crippen LogP contribution in [0.25, 0.3) is 11.1 Å². The van der Waals surface area contributed by atoms with Crippen LogP contribution in [0, 0.1) is 0 Å². The van der Waals surface area contributed by atoms with Gasteiger partial charge in [0.25, 0.3) is 0 Å². The van der Waals surface area contributed by atoms with Crippen molar-refractivity contribution in [2.45, 2.75) is 12.5 Å². The van der Waals surface area contributed by atoms with Crippen LogP contribution < -0.4 is 5.32 Å². The molecule has 136 valence electrons. The van der Waals surface area contributed by atoms with E-state index >= 15 is 0 Å². The van der Waals surface area contributed by atoms with Crippen molar-refractivity contribution in [2.75, 3.05) is 12.1 Å². The number of aromatic nitrogens is 1. The van der Waals surface area contributed by atoms with Gasteiger partial charge in [0, 0.05) is 18.0 Å². The number of pyridine rings is 1. The van der Waals surface area contributed by atoms with E-state index in [1.807, 2.05) is 36.4 Å². The lowest BCUT2D eigenvalue weighted by molar-refractivity contribution is 0.0764. The fourth-order valence-corrected chi connectivity index (χ4v) is 3.07. The van der Waals surface area contributed by atoms with Gasteiger partial charge in [0.15, 0.2) is 5.76 Å². The highest BCUT2D eigenvalue weighted by molar-refractivity contribution is 5.68. The highest BCUT2D eigenvalue weighted by Crippen LogP contribution is 2.26. The Morgan fingerprint density at radius 2 is 1.89 bits per heavy atom. The number of nitrogens with one attached hydrogen (secondary N) is 1. The molecule has 0 amide bonds. The van der Waals surface area contributed by atoms with E-state index in [2.05, 4.69) is 22.4 Å². The van der Waals surface area contributed by atoms with Crippen molar-refractivity contribution in [3.63, 3.8) is 0 Å². The van der Waals surface area contributed by atoms with E-state index in [1.54, 1.807) is 30.8 Å². The summed E-state index contributed by atoms with van der Waals surface area (Å²) in [7, 11) is 0. The summed E-state index contributed by atoms with van der Waals surface area (Å²) in [5, 5.41) is 13.2. The highest BCUT2D eigenvalue weighted by atomic mass is 16.7. The lowest BCUT2D eigenvalue weighted by atomic mass is 10.0. The molecular weight excluding hydrogens is 340 g/mol. The molecule has 5 nitrogen and oxygen atoms in total. The van der Waals surface area contributed by atoms with Crippen molar-refractivity contribution in [3.8, 4) is 16.9 Å². The maximum Gasteiger partial charge on any atom is 0.229 e. The fourth-order valence-electron chi connectivity index (χ4n) is 3.07. The lowest BCUT2D eigenvalue weighted by Crippen LogP contribution is -2.25. The molecule has 0 saturated heterocycles. The Hall–Kier alpha value is -3.47. The zero-order valence-corrected chi connectivity index (χ0v) is 14.7. The summed E-state index contributed by atoms with van der Waals surface area (Å²) in [5.41, 5.74) is 3.90. The number of anilines is 1. The van der Waals surface area contributed by atoms with Crippen LogP contribution in [0.2, 0.25) is 0 Å². The zero-order valence-electron chi connectivity index (χ0n) is 14.7. The molecule has 4 rings (SSSR count). The van der Waals surface area contributed by atoms with Crippen LogP contribution in [0.3, 0.4) is 0 Å². The molecule has 1 aromatic heterocycles. The number of phenolic OH excluding ortho intramolecular Hbond substituents is 1. The predicted molar refractivity (Wildman–Crippen MR) is 104 cm³/mol. The van der Waals surface area contributed by atoms with E-state index in [1.165, 1.54) is 5.56 Å². The fraction of sp³-hybridized carbons (Fsp3) is 0.136. The van der Waals surface area contributed by atoms with E-state index in [4.69, 9.17) is 9.47 Å². The predicted octanol–water partition coefficient (Wildman–Crippen LogP) is 4.32. The SMILES string of the molecule is Oc1cccc(-c2cncc(NC(Cc3ccccc3)C3=COCO3)c2)c1. The zero-order chi connectivity index (χ0) is 18.5. The summed E-state index contributed by atoms with van der Waals surface area (Å²) in [6.07, 6.45) is 5.97. The molecular formula is C22H20N2O3. The number of benzene rings is 2. The van der Waals surface area contributed by atoms with Crippen LogP contribution in [0.1, 0.15) is 5.56 Å². The van der Waals surface area contributed by atoms with Gasteiger partial charge in [0.05, 0.1) is 11.7 Å². The average Bonchev–Trinajstić information content (AvgIpc) is 3.23. The first-order chi connectivity index (χ1) is 13.3. The van der Waals surface area contributed by atoms with Gasteiger partial charge in [-0.25, -0.2) is 0 Å². The Bertz CT molecular complexity index is 941. The Balaban J connectivity index is 1.58. The maximum absolute atomic E-state index is 9.72. The Morgan fingerprint density at radius 1 is 1.00 bits per heavy atom. The van der Waals surface area contributed by atoms with E-state index in [0.717, 1.165) is 29.0 Å². The normalized spacial score (nSPS) is 14.0. The van der Waals surface area contributed by atoms with Crippen LogP contribution in [0.4, 0.5) is 5.69 Å². The molecule has 2 aromatic carbocycles. The van der Waals surface area contributed by atoms with Gasteiger partial charge < -0.3 is 19.9 Å². The van der Waals surface area contributed by atoms with Crippen molar-refractivity contribution in [3.05, 3.63) is 90.6 Å². The summed E-state index contributed by atoms with van der Waals surface area (Å²) in [5.74, 6) is 0.996. The Morgan fingerprint density at radius 3 is 2.67 bits per heavy atom. The third kappa shape index (κ3) is 4.20. The minimum Gasteiger partial charge on any atom is -0.508 e. The Kier molecular flexibility index (Phi) is 4.92. The van der Waals surface area contributed by atoms with E-state index in [9.17, 15) is 5.11 Å². The van der Waals surface area contributed by atoms with Gasteiger partial charge in [-0.3, -0.25) is 4.98 Å². The summed E-state index contributed by atoms with van der Waals surface area (Å²) >= 11 is 0. The number of aromatic hydroxyl groups is 1. The highest BCUT2D eigenvalue weighted by Gasteiger charge is 2.21. The molecule has 0 fully saturated rings. The number of rotatable bonds is 6. The van der Waals surface area contributed by atoms with Crippen molar-refractivity contribution in [2.24, 2.45) is 0 Å². The summed E-state index contributed by atoms with van der Waals surface area (Å²) in [6.45, 7) is 0.240. The van der Waals surface area contributed by atoms with Crippen LogP contribution in [0.5, 0.6) is 5.75 Å². The molecule has 2 heterocycles. The largest absolute Gasteiger partial charge is 0.508 e. The maximum atomic E-state index is 9.72. The second kappa shape index (κ2) is 7.83. The van der Waals surface area contributed by atoms with Gasteiger partial charge in [-0.05, 0) is 35.7 Å². The summed E-state index contributed by atoms with van der Waals surface area (Å²) in [6, 6.07) is 19.3. The average molecular weight is 360 g/mol. The molecule has 0 bridgehead atoms. The van der Waals surface area contributed by atoms with Crippen LogP contribution in [-0.4, -0.2) is 22.9 Å². The molecule has 3 aromatic rings. The van der Waals surface area contributed by atoms with E-state index in [-0.39, 0.29) is 18.6 Å². The van der Waals surface area contributed by atoms with Gasteiger partial charge in [-0.15, -0.1) is 0 Å². The number of ether oxygens (including phenoxy) is 2. The first-order valence-electron chi connectivity index (χ1n) is 8.77. The smallest absolute Gasteiger partial charge is 0.229 e. The van der Waals surface area contributed by atoms with Crippen molar-refractivity contribution in [1.29, 1.82) is 0 Å². The summed E-state index contributed by atoms with van der Waals surface area (Å²) < 4.78 is 10.9. The number of hydrogen-bond acceptors (Lipinski definition) is 5. The van der Waals surface area contributed by atoms with E-state index in [0.29, 0.717) is 0 Å². The first kappa shape index (κ1) is 17.0. The molecule has 1 unspecified atom stereocenters. The number of nitrogens with zero attached hydrogens (tertiary/aromatic N) is 1. The van der Waals surface area contributed by atoms with Crippen molar-refractivity contribution < 1.29 is 14.6 Å². The number of hydrogen-bond donors (Lipinski definition) is 2. The molecule has 1 atom stereocenters. The third-order valence-corrected chi connectivity index (χ3v) is 4.38. The molecule has 5 heteroatoms. The summed E-state index contributed by atoms with van der Waals surface area (Å²) in [4.78, 5) is 4.34. The molecule has 2 N–H and O–H groups in total. The topological polar surface area (TPSA) is 63.6 Å². The number of phenols is 1.